The number of hydrogen-bond donors (Lipinski definition) is 2. The molecular weight excluding hydrogens is 222 g/mol. The maximum atomic E-state index is 9.30. The molecule has 0 aliphatic heterocycles. The number of pyridine rings is 1. The summed E-state index contributed by atoms with van der Waals surface area (Å²) in [6.07, 6.45) is 1.66. The van der Waals surface area contributed by atoms with E-state index >= 15 is 0 Å². The molecule has 1 rings (SSSR count). The van der Waals surface area contributed by atoms with Gasteiger partial charge < -0.3 is 15.7 Å². The van der Waals surface area contributed by atoms with E-state index in [1.165, 1.54) is 0 Å². The third kappa shape index (κ3) is 2.68. The van der Waals surface area contributed by atoms with Crippen LogP contribution in [-0.4, -0.2) is 34.3 Å². The molecule has 0 aromatic carbocycles. The summed E-state index contributed by atoms with van der Waals surface area (Å²) in [6.45, 7) is 3.97. The smallest absolute Gasteiger partial charge is 0.122 e. The van der Waals surface area contributed by atoms with Crippen LogP contribution >= 0.6 is 12.2 Å². The summed E-state index contributed by atoms with van der Waals surface area (Å²) in [5, 5.41) is 9.30. The van der Waals surface area contributed by atoms with E-state index in [9.17, 15) is 5.11 Å². The number of aliphatic hydroxyl groups excluding tert-OH is 1. The van der Waals surface area contributed by atoms with Crippen molar-refractivity contribution in [3.8, 4) is 0 Å². The van der Waals surface area contributed by atoms with Crippen molar-refractivity contribution >= 4 is 22.9 Å². The van der Waals surface area contributed by atoms with Crippen LogP contribution in [-0.2, 0) is 0 Å². The zero-order valence-corrected chi connectivity index (χ0v) is 10.6. The maximum Gasteiger partial charge on any atom is 0.122 e. The van der Waals surface area contributed by atoms with Crippen LogP contribution in [0, 0.1) is 0 Å². The molecule has 0 fully saturated rings. The number of rotatable bonds is 4. The molecule has 0 aliphatic rings. The molecule has 1 heterocycles. The van der Waals surface area contributed by atoms with Gasteiger partial charge in [0.25, 0.3) is 0 Å². The Morgan fingerprint density at radius 1 is 1.62 bits per heavy atom. The molecule has 1 aromatic rings. The second-order valence-electron chi connectivity index (χ2n) is 4.29. The highest BCUT2D eigenvalue weighted by molar-refractivity contribution is 7.80. The van der Waals surface area contributed by atoms with Gasteiger partial charge in [-0.25, -0.2) is 0 Å². The Bertz CT molecular complexity index is 393. The van der Waals surface area contributed by atoms with E-state index in [1.807, 2.05) is 37.9 Å². The highest BCUT2D eigenvalue weighted by Crippen LogP contribution is 2.21. The van der Waals surface area contributed by atoms with E-state index in [0.29, 0.717) is 5.69 Å². The predicted octanol–water partition coefficient (Wildman–Crippen LogP) is 0.923. The largest absolute Gasteiger partial charge is 0.394 e. The van der Waals surface area contributed by atoms with Crippen molar-refractivity contribution in [1.82, 2.24) is 4.98 Å². The number of nitrogens with two attached hydrogens (primary N) is 1. The fraction of sp³-hybridized carbons (Fsp3) is 0.455. The number of thiocarbonyl (C=S) groups is 1. The minimum absolute atomic E-state index is 0.0637. The molecule has 0 saturated heterocycles. The van der Waals surface area contributed by atoms with Gasteiger partial charge in [0, 0.05) is 18.9 Å². The van der Waals surface area contributed by atoms with Gasteiger partial charge in [0.2, 0.25) is 0 Å². The van der Waals surface area contributed by atoms with E-state index in [1.54, 1.807) is 6.20 Å². The number of hydrogen-bond acceptors (Lipinski definition) is 4. The van der Waals surface area contributed by atoms with Crippen molar-refractivity contribution < 1.29 is 5.11 Å². The molecule has 3 N–H and O–H groups in total. The molecule has 0 bridgehead atoms. The van der Waals surface area contributed by atoms with Gasteiger partial charge in [-0.2, -0.15) is 0 Å². The average molecular weight is 239 g/mol. The van der Waals surface area contributed by atoms with E-state index in [0.717, 1.165) is 5.69 Å². The number of aromatic nitrogens is 1. The Labute approximate surface area is 101 Å². The van der Waals surface area contributed by atoms with Gasteiger partial charge in [-0.05, 0) is 26.0 Å². The molecule has 0 atom stereocenters. The van der Waals surface area contributed by atoms with Crippen molar-refractivity contribution in [3.63, 3.8) is 0 Å². The standard InChI is InChI=1S/C11H17N3OS/c1-11(2,7-15)14(3)8-4-5-13-9(6-8)10(12)16/h4-6,15H,7H2,1-3H3,(H2,12,16). The van der Waals surface area contributed by atoms with Gasteiger partial charge in [0.05, 0.1) is 17.8 Å². The third-order valence-corrected chi connectivity index (χ3v) is 2.89. The SMILES string of the molecule is CN(c1ccnc(C(N)=S)c1)C(C)(C)CO. The van der Waals surface area contributed by atoms with Crippen LogP contribution in [0.15, 0.2) is 18.3 Å². The quantitative estimate of drug-likeness (QED) is 0.765. The van der Waals surface area contributed by atoms with Crippen LogP contribution in [0.3, 0.4) is 0 Å². The zero-order valence-electron chi connectivity index (χ0n) is 9.77. The summed E-state index contributed by atoms with van der Waals surface area (Å²) in [6, 6.07) is 3.68. The minimum Gasteiger partial charge on any atom is -0.394 e. The van der Waals surface area contributed by atoms with Crippen molar-refractivity contribution in [2.24, 2.45) is 5.73 Å². The van der Waals surface area contributed by atoms with Crippen LogP contribution in [0.2, 0.25) is 0 Å². The van der Waals surface area contributed by atoms with Crippen LogP contribution in [0.1, 0.15) is 19.5 Å². The summed E-state index contributed by atoms with van der Waals surface area (Å²) in [5.74, 6) is 0. The number of nitrogens with zero attached hydrogens (tertiary/aromatic N) is 2. The molecule has 0 unspecified atom stereocenters. The first-order chi connectivity index (χ1) is 7.38. The third-order valence-electron chi connectivity index (χ3n) is 2.68. The molecular formula is C11H17N3OS. The molecule has 0 aliphatic carbocycles. The second-order valence-corrected chi connectivity index (χ2v) is 4.73. The summed E-state index contributed by atoms with van der Waals surface area (Å²) < 4.78 is 0. The molecule has 88 valence electrons. The molecule has 0 amide bonds. The van der Waals surface area contributed by atoms with Gasteiger partial charge in [-0.1, -0.05) is 12.2 Å². The van der Waals surface area contributed by atoms with Crippen LogP contribution in [0.5, 0.6) is 0 Å². The summed E-state index contributed by atoms with van der Waals surface area (Å²) >= 11 is 4.88. The minimum atomic E-state index is -0.338. The van der Waals surface area contributed by atoms with E-state index in [-0.39, 0.29) is 17.1 Å². The highest BCUT2D eigenvalue weighted by atomic mass is 32.1. The number of anilines is 1. The fourth-order valence-corrected chi connectivity index (χ4v) is 1.33. The lowest BCUT2D eigenvalue weighted by Gasteiger charge is -2.35. The normalized spacial score (nSPS) is 11.2. The van der Waals surface area contributed by atoms with Crippen LogP contribution < -0.4 is 10.6 Å². The molecule has 0 radical (unpaired) electrons. The molecule has 4 nitrogen and oxygen atoms in total. The van der Waals surface area contributed by atoms with E-state index in [4.69, 9.17) is 18.0 Å². The van der Waals surface area contributed by atoms with Crippen molar-refractivity contribution in [2.45, 2.75) is 19.4 Å². The monoisotopic (exact) mass is 239 g/mol. The number of aliphatic hydroxyl groups is 1. The first kappa shape index (κ1) is 12.9. The summed E-state index contributed by atoms with van der Waals surface area (Å²) in [5.41, 5.74) is 6.71. The molecule has 0 saturated carbocycles. The first-order valence-electron chi connectivity index (χ1n) is 4.99. The molecule has 1 aromatic heterocycles. The highest BCUT2D eigenvalue weighted by Gasteiger charge is 2.23. The fourth-order valence-electron chi connectivity index (χ4n) is 1.22. The Morgan fingerprint density at radius 2 is 2.25 bits per heavy atom. The molecule has 5 heteroatoms. The van der Waals surface area contributed by atoms with Crippen LogP contribution in [0.25, 0.3) is 0 Å². The Balaban J connectivity index is 3.05. The van der Waals surface area contributed by atoms with Gasteiger partial charge >= 0.3 is 0 Å². The topological polar surface area (TPSA) is 62.4 Å². The zero-order chi connectivity index (χ0) is 12.3. The lowest BCUT2D eigenvalue weighted by atomic mass is 10.0. The van der Waals surface area contributed by atoms with Crippen LogP contribution in [0.4, 0.5) is 5.69 Å². The van der Waals surface area contributed by atoms with Crippen molar-refractivity contribution in [3.05, 3.63) is 24.0 Å². The van der Waals surface area contributed by atoms with Crippen molar-refractivity contribution in [1.29, 1.82) is 0 Å². The molecule has 16 heavy (non-hydrogen) atoms. The van der Waals surface area contributed by atoms with Gasteiger partial charge in [-0.15, -0.1) is 0 Å². The average Bonchev–Trinajstić information content (AvgIpc) is 2.28. The van der Waals surface area contributed by atoms with E-state index in [2.05, 4.69) is 4.98 Å². The predicted molar refractivity (Wildman–Crippen MR) is 69.7 cm³/mol. The Morgan fingerprint density at radius 3 is 2.75 bits per heavy atom. The van der Waals surface area contributed by atoms with Crippen molar-refractivity contribution in [2.75, 3.05) is 18.6 Å². The summed E-state index contributed by atoms with van der Waals surface area (Å²) in [7, 11) is 1.91. The molecule has 0 spiro atoms. The number of likely N-dealkylation sites (N-methyl/N-ethyl adjacent to an activating group) is 1. The Kier molecular flexibility index (Phi) is 3.83. The lowest BCUT2D eigenvalue weighted by molar-refractivity contribution is 0.216. The van der Waals surface area contributed by atoms with E-state index < -0.39 is 0 Å². The second kappa shape index (κ2) is 4.76. The maximum absolute atomic E-state index is 9.30. The van der Waals surface area contributed by atoms with Gasteiger partial charge in [0.15, 0.2) is 0 Å². The first-order valence-corrected chi connectivity index (χ1v) is 5.40. The Hall–Kier alpha value is -1.20. The lowest BCUT2D eigenvalue weighted by Crippen LogP contribution is -2.44. The van der Waals surface area contributed by atoms with Gasteiger partial charge in [-0.3, -0.25) is 4.98 Å². The summed E-state index contributed by atoms with van der Waals surface area (Å²) in [4.78, 5) is 6.32. The van der Waals surface area contributed by atoms with Gasteiger partial charge in [0.1, 0.15) is 4.99 Å².